The van der Waals surface area contributed by atoms with E-state index in [0.29, 0.717) is 0 Å². The number of halogens is 1. The van der Waals surface area contributed by atoms with E-state index < -0.39 is 0 Å². The minimum Gasteiger partial charge on any atom is -0.364 e. The molecule has 7 heteroatoms. The van der Waals surface area contributed by atoms with Crippen LogP contribution < -0.4 is 15.5 Å². The van der Waals surface area contributed by atoms with Gasteiger partial charge in [0.15, 0.2) is 5.96 Å². The maximum Gasteiger partial charge on any atom is 0.191 e. The molecule has 1 aliphatic rings. The zero-order valence-electron chi connectivity index (χ0n) is 17.9. The van der Waals surface area contributed by atoms with Crippen molar-refractivity contribution >= 4 is 35.6 Å². The van der Waals surface area contributed by atoms with Crippen molar-refractivity contribution in [1.82, 2.24) is 20.4 Å². The highest BCUT2D eigenvalue weighted by atomic mass is 127. The van der Waals surface area contributed by atoms with Gasteiger partial charge < -0.3 is 15.5 Å². The molecule has 0 aliphatic carbocycles. The monoisotopic (exact) mass is 528 g/mol. The molecular weight excluding hydrogens is 499 g/mol. The first-order chi connectivity index (χ1) is 14.7. The Balaban J connectivity index is 0.00000272. The highest BCUT2D eigenvalue weighted by Crippen LogP contribution is 2.18. The van der Waals surface area contributed by atoms with Crippen molar-refractivity contribution in [3.8, 4) is 5.69 Å². The first kappa shape index (κ1) is 22.9. The summed E-state index contributed by atoms with van der Waals surface area (Å²) in [7, 11) is 1.80. The lowest BCUT2D eigenvalue weighted by Crippen LogP contribution is -2.38. The van der Waals surface area contributed by atoms with Crippen molar-refractivity contribution in [2.75, 3.05) is 25.0 Å². The van der Waals surface area contributed by atoms with Crippen LogP contribution in [0.4, 0.5) is 5.69 Å². The number of hydrogen-bond donors (Lipinski definition) is 2. The molecule has 2 N–H and O–H groups in total. The van der Waals surface area contributed by atoms with Gasteiger partial charge in [-0.2, -0.15) is 5.10 Å². The van der Waals surface area contributed by atoms with Gasteiger partial charge in [-0.25, -0.2) is 4.68 Å². The van der Waals surface area contributed by atoms with Crippen molar-refractivity contribution < 1.29 is 0 Å². The lowest BCUT2D eigenvalue weighted by atomic mass is 10.1. The van der Waals surface area contributed by atoms with Gasteiger partial charge in [-0.15, -0.1) is 24.0 Å². The molecule has 2 heterocycles. The number of benzene rings is 2. The Morgan fingerprint density at radius 2 is 1.84 bits per heavy atom. The maximum atomic E-state index is 4.38. The number of aliphatic imine (C=N–C) groups is 1. The molecule has 0 amide bonds. The van der Waals surface area contributed by atoms with E-state index in [1.165, 1.54) is 16.8 Å². The van der Waals surface area contributed by atoms with E-state index in [1.54, 1.807) is 13.2 Å². The number of rotatable bonds is 6. The Labute approximate surface area is 201 Å². The van der Waals surface area contributed by atoms with Gasteiger partial charge in [-0.05, 0) is 48.4 Å². The SMILES string of the molecule is CN=C(NCc1ccc(N2CC=CC2)cc1)NC(C)c1cccc(-n2cccn2)c1.I. The van der Waals surface area contributed by atoms with E-state index in [2.05, 4.69) is 93.2 Å². The second-order valence-corrected chi connectivity index (χ2v) is 7.38. The van der Waals surface area contributed by atoms with Crippen molar-refractivity contribution in [2.45, 2.75) is 19.5 Å². The maximum absolute atomic E-state index is 4.38. The fourth-order valence-corrected chi connectivity index (χ4v) is 3.54. The predicted molar refractivity (Wildman–Crippen MR) is 139 cm³/mol. The Morgan fingerprint density at radius 3 is 2.52 bits per heavy atom. The molecule has 0 bridgehead atoms. The van der Waals surface area contributed by atoms with Crippen molar-refractivity contribution in [1.29, 1.82) is 0 Å². The van der Waals surface area contributed by atoms with Crippen molar-refractivity contribution in [2.24, 2.45) is 4.99 Å². The number of nitrogens with one attached hydrogen (secondary N) is 2. The van der Waals surface area contributed by atoms with E-state index in [-0.39, 0.29) is 30.0 Å². The first-order valence-corrected chi connectivity index (χ1v) is 10.3. The third-order valence-electron chi connectivity index (χ3n) is 5.30. The summed E-state index contributed by atoms with van der Waals surface area (Å²) < 4.78 is 1.87. The lowest BCUT2D eigenvalue weighted by molar-refractivity contribution is 0.684. The minimum absolute atomic E-state index is 0. The molecule has 0 fully saturated rings. The smallest absolute Gasteiger partial charge is 0.191 e. The van der Waals surface area contributed by atoms with Crippen molar-refractivity contribution in [3.63, 3.8) is 0 Å². The van der Waals surface area contributed by atoms with E-state index in [1.807, 2.05) is 16.9 Å². The van der Waals surface area contributed by atoms with Crippen LogP contribution in [-0.4, -0.2) is 35.9 Å². The van der Waals surface area contributed by atoms with Gasteiger partial charge in [0.05, 0.1) is 11.7 Å². The summed E-state index contributed by atoms with van der Waals surface area (Å²) in [5.41, 5.74) is 4.70. The average Bonchev–Trinajstić information content (AvgIpc) is 3.51. The van der Waals surface area contributed by atoms with Crippen LogP contribution in [0.25, 0.3) is 5.69 Å². The number of aromatic nitrogens is 2. The Morgan fingerprint density at radius 1 is 1.06 bits per heavy atom. The van der Waals surface area contributed by atoms with Crippen LogP contribution in [0.1, 0.15) is 24.1 Å². The molecule has 3 aromatic rings. The summed E-state index contributed by atoms with van der Waals surface area (Å²) in [6.07, 6.45) is 8.14. The Hall–Kier alpha value is -2.81. The van der Waals surface area contributed by atoms with Gasteiger partial charge in [0.25, 0.3) is 0 Å². The number of hydrogen-bond acceptors (Lipinski definition) is 3. The highest BCUT2D eigenvalue weighted by molar-refractivity contribution is 14.0. The first-order valence-electron chi connectivity index (χ1n) is 10.3. The second-order valence-electron chi connectivity index (χ2n) is 7.38. The van der Waals surface area contributed by atoms with Crippen LogP contribution in [0.2, 0.25) is 0 Å². The van der Waals surface area contributed by atoms with E-state index in [4.69, 9.17) is 0 Å². The highest BCUT2D eigenvalue weighted by Gasteiger charge is 2.10. The standard InChI is InChI=1S/C24H28N6.HI/c1-19(21-7-5-8-23(17-21)30-16-6-13-27-30)28-24(25-2)26-18-20-9-11-22(12-10-20)29-14-3-4-15-29;/h3-13,16-17,19H,14-15,18H2,1-2H3,(H2,25,26,28);1H. The average molecular weight is 528 g/mol. The fraction of sp³-hybridized carbons (Fsp3) is 0.250. The van der Waals surface area contributed by atoms with Gasteiger partial charge in [-0.1, -0.05) is 36.4 Å². The second kappa shape index (κ2) is 11.0. The summed E-state index contributed by atoms with van der Waals surface area (Å²) in [6.45, 7) is 4.84. The van der Waals surface area contributed by atoms with Crippen LogP contribution in [0.5, 0.6) is 0 Å². The molecule has 1 aliphatic heterocycles. The molecule has 4 rings (SSSR count). The van der Waals surface area contributed by atoms with Crippen LogP contribution in [-0.2, 0) is 6.54 Å². The third kappa shape index (κ3) is 5.88. The summed E-state index contributed by atoms with van der Waals surface area (Å²) in [4.78, 5) is 6.73. The molecule has 0 saturated heterocycles. The molecule has 1 aromatic heterocycles. The number of guanidine groups is 1. The molecular formula is C24H29IN6. The molecule has 1 unspecified atom stereocenters. The molecule has 0 spiro atoms. The van der Waals surface area contributed by atoms with Crippen LogP contribution in [0.3, 0.4) is 0 Å². The molecule has 6 nitrogen and oxygen atoms in total. The summed E-state index contributed by atoms with van der Waals surface area (Å²) in [5, 5.41) is 11.2. The van der Waals surface area contributed by atoms with Gasteiger partial charge >= 0.3 is 0 Å². The quantitative estimate of drug-likeness (QED) is 0.217. The zero-order valence-corrected chi connectivity index (χ0v) is 20.2. The summed E-state index contributed by atoms with van der Waals surface area (Å²) in [6, 6.07) is 19.1. The number of anilines is 1. The van der Waals surface area contributed by atoms with Gasteiger partial charge in [0.2, 0.25) is 0 Å². The third-order valence-corrected chi connectivity index (χ3v) is 5.30. The zero-order chi connectivity index (χ0) is 20.8. The van der Waals surface area contributed by atoms with Gasteiger partial charge in [-0.3, -0.25) is 4.99 Å². The van der Waals surface area contributed by atoms with Gasteiger partial charge in [0, 0.05) is 44.8 Å². The summed E-state index contributed by atoms with van der Waals surface area (Å²) in [5.74, 6) is 0.778. The fourth-order valence-electron chi connectivity index (χ4n) is 3.54. The Bertz CT molecular complexity index is 1000. The van der Waals surface area contributed by atoms with Crippen LogP contribution in [0.15, 0.2) is 84.1 Å². The minimum atomic E-state index is 0. The lowest BCUT2D eigenvalue weighted by Gasteiger charge is -2.20. The van der Waals surface area contributed by atoms with Crippen LogP contribution in [0, 0.1) is 0 Å². The Kier molecular flexibility index (Phi) is 8.11. The normalized spacial score (nSPS) is 14.3. The molecule has 2 aromatic carbocycles. The molecule has 0 saturated carbocycles. The largest absolute Gasteiger partial charge is 0.364 e. The van der Waals surface area contributed by atoms with Crippen LogP contribution >= 0.6 is 24.0 Å². The topological polar surface area (TPSA) is 57.5 Å². The number of nitrogens with zero attached hydrogens (tertiary/aromatic N) is 4. The van der Waals surface area contributed by atoms with Gasteiger partial charge in [0.1, 0.15) is 0 Å². The predicted octanol–water partition coefficient (Wildman–Crippen LogP) is 4.29. The van der Waals surface area contributed by atoms with E-state index in [9.17, 15) is 0 Å². The molecule has 162 valence electrons. The van der Waals surface area contributed by atoms with E-state index >= 15 is 0 Å². The van der Waals surface area contributed by atoms with E-state index in [0.717, 1.165) is 31.3 Å². The van der Waals surface area contributed by atoms with Crippen molar-refractivity contribution in [3.05, 3.63) is 90.3 Å². The molecule has 1 atom stereocenters. The molecule has 31 heavy (non-hydrogen) atoms. The summed E-state index contributed by atoms with van der Waals surface area (Å²) >= 11 is 0. The molecule has 0 radical (unpaired) electrons.